The van der Waals surface area contributed by atoms with Gasteiger partial charge in [0.05, 0.1) is 4.47 Å². The van der Waals surface area contributed by atoms with Gasteiger partial charge in [0, 0.05) is 6.04 Å². The number of ether oxygens (including phenoxy) is 1. The van der Waals surface area contributed by atoms with E-state index in [1.54, 1.807) is 13.0 Å². The zero-order valence-electron chi connectivity index (χ0n) is 11.1. The van der Waals surface area contributed by atoms with Crippen LogP contribution in [0.15, 0.2) is 28.7 Å². The van der Waals surface area contributed by atoms with Crippen LogP contribution in [0.3, 0.4) is 0 Å². The summed E-state index contributed by atoms with van der Waals surface area (Å²) in [6.07, 6.45) is 1.01. The van der Waals surface area contributed by atoms with Gasteiger partial charge in [0.25, 0.3) is 5.91 Å². The molecule has 6 heteroatoms. The topological polar surface area (TPSA) is 66.8 Å². The minimum absolute atomic E-state index is 0.0452. The molecule has 5 nitrogen and oxygen atoms in total. The molecule has 0 aliphatic heterocycles. The highest BCUT2D eigenvalue weighted by molar-refractivity contribution is 9.10. The fraction of sp³-hybridized carbons (Fsp3) is 0.429. The van der Waals surface area contributed by atoms with Crippen molar-refractivity contribution in [1.29, 1.82) is 0 Å². The van der Waals surface area contributed by atoms with E-state index in [1.165, 1.54) is 4.90 Å². The van der Waals surface area contributed by atoms with Gasteiger partial charge in [-0.25, -0.2) is 0 Å². The average Bonchev–Trinajstić information content (AvgIpc) is 3.22. The number of carboxylic acids is 1. The predicted molar refractivity (Wildman–Crippen MR) is 76.6 cm³/mol. The van der Waals surface area contributed by atoms with Crippen molar-refractivity contribution < 1.29 is 19.4 Å². The molecule has 1 aliphatic carbocycles. The first-order chi connectivity index (χ1) is 9.49. The molecule has 1 N–H and O–H groups in total. The maximum Gasteiger partial charge on any atom is 0.323 e. The summed E-state index contributed by atoms with van der Waals surface area (Å²) in [6.45, 7) is 1.37. The molecule has 1 amide bonds. The van der Waals surface area contributed by atoms with E-state index in [9.17, 15) is 9.59 Å². The minimum Gasteiger partial charge on any atom is -0.480 e. The Morgan fingerprint density at radius 1 is 1.45 bits per heavy atom. The van der Waals surface area contributed by atoms with E-state index in [1.807, 2.05) is 18.2 Å². The lowest BCUT2D eigenvalue weighted by molar-refractivity contribution is -0.148. The van der Waals surface area contributed by atoms with Gasteiger partial charge < -0.3 is 14.7 Å². The number of carbonyl (C=O) groups excluding carboxylic acids is 1. The Kier molecular flexibility index (Phi) is 4.65. The molecule has 20 heavy (non-hydrogen) atoms. The Labute approximate surface area is 125 Å². The fourth-order valence-electron chi connectivity index (χ4n) is 1.93. The van der Waals surface area contributed by atoms with Crippen LogP contribution in [0.1, 0.15) is 19.8 Å². The summed E-state index contributed by atoms with van der Waals surface area (Å²) in [4.78, 5) is 24.5. The Hall–Kier alpha value is -1.56. The van der Waals surface area contributed by atoms with Crippen molar-refractivity contribution in [3.63, 3.8) is 0 Å². The molecule has 1 unspecified atom stereocenters. The SMILES string of the molecule is CC(Oc1ccccc1Br)C(=O)N(CC(=O)O)C1CC1. The molecule has 0 heterocycles. The molecular formula is C14H16BrNO4. The summed E-state index contributed by atoms with van der Waals surface area (Å²) in [7, 11) is 0. The highest BCUT2D eigenvalue weighted by Gasteiger charge is 2.36. The van der Waals surface area contributed by atoms with Crippen LogP contribution in [0.5, 0.6) is 5.75 Å². The molecule has 1 aliphatic rings. The van der Waals surface area contributed by atoms with Gasteiger partial charge in [-0.1, -0.05) is 12.1 Å². The minimum atomic E-state index is -1.00. The van der Waals surface area contributed by atoms with E-state index in [0.29, 0.717) is 5.75 Å². The van der Waals surface area contributed by atoms with E-state index in [0.717, 1.165) is 17.3 Å². The highest BCUT2D eigenvalue weighted by Crippen LogP contribution is 2.29. The molecule has 0 spiro atoms. The Morgan fingerprint density at radius 3 is 2.65 bits per heavy atom. The van der Waals surface area contributed by atoms with E-state index in [-0.39, 0.29) is 18.5 Å². The second-order valence-electron chi connectivity index (χ2n) is 4.78. The second kappa shape index (κ2) is 6.26. The van der Waals surface area contributed by atoms with E-state index >= 15 is 0 Å². The van der Waals surface area contributed by atoms with Crippen molar-refractivity contribution in [3.05, 3.63) is 28.7 Å². The van der Waals surface area contributed by atoms with Crippen LogP contribution >= 0.6 is 15.9 Å². The molecule has 0 saturated heterocycles. The van der Waals surface area contributed by atoms with Crippen molar-refractivity contribution in [2.24, 2.45) is 0 Å². The number of carbonyl (C=O) groups is 2. The smallest absolute Gasteiger partial charge is 0.323 e. The number of aliphatic carboxylic acids is 1. The maximum absolute atomic E-state index is 12.3. The quantitative estimate of drug-likeness (QED) is 0.861. The van der Waals surface area contributed by atoms with Gasteiger partial charge in [-0.15, -0.1) is 0 Å². The van der Waals surface area contributed by atoms with Crippen molar-refractivity contribution in [2.75, 3.05) is 6.54 Å². The third-order valence-corrected chi connectivity index (χ3v) is 3.72. The predicted octanol–water partition coefficient (Wildman–Crippen LogP) is 2.29. The van der Waals surface area contributed by atoms with Gasteiger partial charge >= 0.3 is 5.97 Å². The summed E-state index contributed by atoms with van der Waals surface area (Å²) in [5.74, 6) is -0.719. The number of hydrogen-bond donors (Lipinski definition) is 1. The molecule has 108 valence electrons. The summed E-state index contributed by atoms with van der Waals surface area (Å²) in [5.41, 5.74) is 0. The molecular weight excluding hydrogens is 326 g/mol. The molecule has 1 aromatic carbocycles. The van der Waals surface area contributed by atoms with Gasteiger partial charge in [-0.2, -0.15) is 0 Å². The van der Waals surface area contributed by atoms with Gasteiger partial charge in [-0.05, 0) is 47.8 Å². The molecule has 2 rings (SSSR count). The van der Waals surface area contributed by atoms with Gasteiger partial charge in [0.2, 0.25) is 0 Å². The van der Waals surface area contributed by atoms with Crippen LogP contribution in [0.25, 0.3) is 0 Å². The van der Waals surface area contributed by atoms with Gasteiger partial charge in [0.1, 0.15) is 12.3 Å². The Balaban J connectivity index is 2.03. The number of benzene rings is 1. The Bertz CT molecular complexity index is 516. The van der Waals surface area contributed by atoms with Crippen molar-refractivity contribution in [1.82, 2.24) is 4.90 Å². The third-order valence-electron chi connectivity index (χ3n) is 3.06. The lowest BCUT2D eigenvalue weighted by atomic mass is 10.3. The van der Waals surface area contributed by atoms with Crippen molar-refractivity contribution >= 4 is 27.8 Å². The number of halogens is 1. The average molecular weight is 342 g/mol. The number of rotatable bonds is 6. The monoisotopic (exact) mass is 341 g/mol. The first kappa shape index (κ1) is 14.8. The number of amides is 1. The first-order valence-corrected chi connectivity index (χ1v) is 7.22. The normalized spacial score (nSPS) is 15.5. The Morgan fingerprint density at radius 2 is 2.10 bits per heavy atom. The fourth-order valence-corrected chi connectivity index (χ4v) is 2.31. The van der Waals surface area contributed by atoms with Crippen LogP contribution in [0.2, 0.25) is 0 Å². The van der Waals surface area contributed by atoms with Crippen molar-refractivity contribution in [2.45, 2.75) is 31.9 Å². The van der Waals surface area contributed by atoms with Gasteiger partial charge in [0.15, 0.2) is 6.10 Å². The number of hydrogen-bond acceptors (Lipinski definition) is 3. The summed E-state index contributed by atoms with van der Waals surface area (Å²) in [5, 5.41) is 8.88. The lowest BCUT2D eigenvalue weighted by Gasteiger charge is -2.24. The second-order valence-corrected chi connectivity index (χ2v) is 5.64. The molecule has 0 radical (unpaired) electrons. The van der Waals surface area contributed by atoms with Crippen LogP contribution < -0.4 is 4.74 Å². The van der Waals surface area contributed by atoms with Crippen LogP contribution in [0, 0.1) is 0 Å². The molecule has 0 bridgehead atoms. The van der Waals surface area contributed by atoms with Crippen LogP contribution in [0.4, 0.5) is 0 Å². The molecule has 0 aromatic heterocycles. The van der Waals surface area contributed by atoms with E-state index in [2.05, 4.69) is 15.9 Å². The summed E-state index contributed by atoms with van der Waals surface area (Å²) < 4.78 is 6.38. The van der Waals surface area contributed by atoms with E-state index in [4.69, 9.17) is 9.84 Å². The zero-order chi connectivity index (χ0) is 14.7. The number of carboxylic acid groups (broad SMARTS) is 1. The summed E-state index contributed by atoms with van der Waals surface area (Å²) >= 11 is 3.35. The highest BCUT2D eigenvalue weighted by atomic mass is 79.9. The maximum atomic E-state index is 12.3. The van der Waals surface area contributed by atoms with Crippen molar-refractivity contribution in [3.8, 4) is 5.75 Å². The number of nitrogens with zero attached hydrogens (tertiary/aromatic N) is 1. The number of para-hydroxylation sites is 1. The standard InChI is InChI=1S/C14H16BrNO4/c1-9(20-12-5-3-2-4-11(12)15)14(19)16(8-13(17)18)10-6-7-10/h2-5,9-10H,6-8H2,1H3,(H,17,18). The third kappa shape index (κ3) is 3.72. The van der Waals surface area contributed by atoms with E-state index < -0.39 is 12.1 Å². The molecule has 1 aromatic rings. The largest absolute Gasteiger partial charge is 0.480 e. The van der Waals surface area contributed by atoms with Gasteiger partial charge in [-0.3, -0.25) is 9.59 Å². The van der Waals surface area contributed by atoms with Crippen LogP contribution in [-0.4, -0.2) is 40.6 Å². The first-order valence-electron chi connectivity index (χ1n) is 6.42. The summed E-state index contributed by atoms with van der Waals surface area (Å²) in [6, 6.07) is 7.29. The lowest BCUT2D eigenvalue weighted by Crippen LogP contribution is -2.44. The molecule has 1 atom stereocenters. The molecule has 1 saturated carbocycles. The van der Waals surface area contributed by atoms with Crippen LogP contribution in [-0.2, 0) is 9.59 Å². The zero-order valence-corrected chi connectivity index (χ0v) is 12.7. The molecule has 1 fully saturated rings.